The first-order valence-corrected chi connectivity index (χ1v) is 15.7. The molecule has 1 saturated heterocycles. The van der Waals surface area contributed by atoms with Crippen LogP contribution in [0.2, 0.25) is 0 Å². The van der Waals surface area contributed by atoms with Crippen LogP contribution in [0.15, 0.2) is 54.2 Å². The minimum atomic E-state index is -0.998. The number of hydrogen-bond donors (Lipinski definition) is 2. The first-order valence-electron chi connectivity index (χ1n) is 14.9. The number of allylic oxidation sites excluding steroid dienone is 2. The molecule has 0 saturated carbocycles. The number of carbonyl (C=O) groups excluding carboxylic acids is 3. The molecule has 1 aromatic carbocycles. The Balaban J connectivity index is 0.00000256. The summed E-state index contributed by atoms with van der Waals surface area (Å²) < 4.78 is 0. The Hall–Kier alpha value is -3.98. The van der Waals surface area contributed by atoms with Crippen LogP contribution >= 0.6 is 11.3 Å². The van der Waals surface area contributed by atoms with Gasteiger partial charge in [0.1, 0.15) is 10.5 Å². The molecule has 0 unspecified atom stereocenters. The minimum absolute atomic E-state index is 0. The van der Waals surface area contributed by atoms with E-state index in [9.17, 15) is 14.4 Å². The molecule has 1 radical (unpaired) electrons. The van der Waals surface area contributed by atoms with Crippen molar-refractivity contribution in [1.29, 1.82) is 0 Å². The van der Waals surface area contributed by atoms with Crippen LogP contribution in [0.4, 0.5) is 15.5 Å². The largest absolute Gasteiger partial charge is 0.342 e. The number of anilines is 2. The smallest absolute Gasteiger partial charge is 0.324 e. The summed E-state index contributed by atoms with van der Waals surface area (Å²) >= 11 is 1.38. The molecule has 3 aromatic rings. The molecule has 1 aliphatic carbocycles. The van der Waals surface area contributed by atoms with E-state index >= 15 is 0 Å². The second kappa shape index (κ2) is 11.2. The van der Waals surface area contributed by atoms with Crippen LogP contribution in [-0.4, -0.2) is 58.3 Å². The third kappa shape index (κ3) is 6.02. The highest BCUT2D eigenvalue weighted by molar-refractivity contribution is 7.16. The number of benzene rings is 1. The van der Waals surface area contributed by atoms with Crippen molar-refractivity contribution in [1.82, 2.24) is 14.8 Å². The van der Waals surface area contributed by atoms with Gasteiger partial charge in [-0.1, -0.05) is 58.4 Å². The van der Waals surface area contributed by atoms with Gasteiger partial charge in [-0.25, -0.2) is 4.79 Å². The number of aromatic nitrogens is 1. The standard InChI is InChI=1S/C35H42N5O3S.3H2/c1-21-10-14-24(18-25(21)22-11-15-27(36-20-22)34(5,6)23-12-13-23)37-32(43)38-29-26(19-28(44-29)33(2,3)4)30(41)40-17-16-39(9)31(42)35(40,7)8;;;/h10-15,18-20H,16-17H2,1-9H3,(H2,37,38,43);3*1H. The van der Waals surface area contributed by atoms with Crippen LogP contribution in [-0.2, 0) is 15.6 Å². The van der Waals surface area contributed by atoms with Crippen molar-refractivity contribution in [2.45, 2.75) is 71.8 Å². The lowest BCUT2D eigenvalue weighted by molar-refractivity contribution is -0.144. The number of pyridine rings is 1. The predicted octanol–water partition coefficient (Wildman–Crippen LogP) is 7.91. The highest BCUT2D eigenvalue weighted by Crippen LogP contribution is 2.40. The molecule has 5 rings (SSSR count). The Morgan fingerprint density at radius 1 is 1.02 bits per heavy atom. The van der Waals surface area contributed by atoms with E-state index in [2.05, 4.69) is 69.9 Å². The lowest BCUT2D eigenvalue weighted by Gasteiger charge is -2.44. The van der Waals surface area contributed by atoms with Crippen molar-refractivity contribution in [3.8, 4) is 11.1 Å². The van der Waals surface area contributed by atoms with E-state index in [1.807, 2.05) is 37.4 Å². The number of urea groups is 1. The molecule has 9 heteroatoms. The van der Waals surface area contributed by atoms with E-state index in [1.54, 1.807) is 30.7 Å². The first kappa shape index (κ1) is 31.4. The molecule has 1 fully saturated rings. The van der Waals surface area contributed by atoms with E-state index in [0.29, 0.717) is 29.3 Å². The van der Waals surface area contributed by atoms with Gasteiger partial charge in [0.05, 0.1) is 11.3 Å². The zero-order valence-corrected chi connectivity index (χ0v) is 27.9. The van der Waals surface area contributed by atoms with Gasteiger partial charge in [0.15, 0.2) is 0 Å². The molecular formula is C35H48N5O3S. The number of thiophene rings is 1. The highest BCUT2D eigenvalue weighted by Gasteiger charge is 2.44. The molecule has 0 bridgehead atoms. The van der Waals surface area contributed by atoms with Gasteiger partial charge in [0.2, 0.25) is 5.91 Å². The van der Waals surface area contributed by atoms with Crippen LogP contribution in [0.3, 0.4) is 0 Å². The molecule has 0 atom stereocenters. The van der Waals surface area contributed by atoms with Crippen molar-refractivity contribution in [2.75, 3.05) is 30.8 Å². The van der Waals surface area contributed by atoms with Crippen molar-refractivity contribution >= 4 is 39.9 Å². The summed E-state index contributed by atoms with van der Waals surface area (Å²) in [6.45, 7) is 17.0. The summed E-state index contributed by atoms with van der Waals surface area (Å²) in [5.41, 5.74) is 4.95. The topological polar surface area (TPSA) is 94.6 Å². The van der Waals surface area contributed by atoms with Crippen molar-refractivity contribution < 1.29 is 18.7 Å². The van der Waals surface area contributed by atoms with Crippen LogP contribution in [0.25, 0.3) is 11.1 Å². The number of amides is 4. The van der Waals surface area contributed by atoms with E-state index in [4.69, 9.17) is 4.98 Å². The highest BCUT2D eigenvalue weighted by atomic mass is 32.1. The van der Waals surface area contributed by atoms with Crippen molar-refractivity contribution in [2.24, 2.45) is 0 Å². The quantitative estimate of drug-likeness (QED) is 0.294. The normalized spacial score (nSPS) is 16.5. The van der Waals surface area contributed by atoms with Crippen molar-refractivity contribution in [3.63, 3.8) is 0 Å². The Morgan fingerprint density at radius 2 is 1.73 bits per heavy atom. The first-order chi connectivity index (χ1) is 20.5. The van der Waals surface area contributed by atoms with E-state index in [0.717, 1.165) is 27.3 Å². The van der Waals surface area contributed by atoms with Crippen LogP contribution in [0, 0.1) is 13.3 Å². The van der Waals surface area contributed by atoms with Gasteiger partial charge < -0.3 is 15.1 Å². The summed E-state index contributed by atoms with van der Waals surface area (Å²) in [4.78, 5) is 49.2. The summed E-state index contributed by atoms with van der Waals surface area (Å²) in [5, 5.41) is 6.34. The van der Waals surface area contributed by atoms with Gasteiger partial charge in [-0.2, -0.15) is 0 Å². The second-order valence-corrected chi connectivity index (χ2v) is 14.9. The number of rotatable bonds is 6. The fraction of sp³-hybridized carbons (Fsp3) is 0.400. The molecule has 1 aliphatic heterocycles. The Bertz CT molecular complexity index is 1680. The zero-order valence-electron chi connectivity index (χ0n) is 27.1. The Kier molecular flexibility index (Phi) is 7.99. The summed E-state index contributed by atoms with van der Waals surface area (Å²) in [6, 6.07) is 11.3. The van der Waals surface area contributed by atoms with E-state index in [-0.39, 0.29) is 26.9 Å². The lowest BCUT2D eigenvalue weighted by Crippen LogP contribution is -2.63. The van der Waals surface area contributed by atoms with Crippen molar-refractivity contribution in [3.05, 3.63) is 82.4 Å². The number of carbonyl (C=O) groups is 3. The van der Waals surface area contributed by atoms with Gasteiger partial charge in [0.25, 0.3) is 5.91 Å². The molecule has 2 aromatic heterocycles. The van der Waals surface area contributed by atoms with Crippen LogP contribution in [0.1, 0.15) is 79.2 Å². The summed E-state index contributed by atoms with van der Waals surface area (Å²) in [7, 11) is 1.75. The Morgan fingerprint density at radius 3 is 2.34 bits per heavy atom. The van der Waals surface area contributed by atoms with E-state index in [1.165, 1.54) is 16.9 Å². The third-order valence-electron chi connectivity index (χ3n) is 8.64. The van der Waals surface area contributed by atoms with Gasteiger partial charge in [0, 0.05) is 58.6 Å². The van der Waals surface area contributed by atoms with Crippen LogP contribution < -0.4 is 10.6 Å². The van der Waals surface area contributed by atoms with Gasteiger partial charge in [-0.15, -0.1) is 11.3 Å². The maximum Gasteiger partial charge on any atom is 0.324 e. The number of nitrogens with one attached hydrogen (secondary N) is 2. The maximum absolute atomic E-state index is 13.9. The van der Waals surface area contributed by atoms with Crippen LogP contribution in [0.5, 0.6) is 0 Å². The minimum Gasteiger partial charge on any atom is -0.342 e. The summed E-state index contributed by atoms with van der Waals surface area (Å²) in [6.07, 6.45) is 6.12. The fourth-order valence-corrected chi connectivity index (χ4v) is 6.63. The molecule has 2 aliphatic rings. The monoisotopic (exact) mass is 618 g/mol. The van der Waals surface area contributed by atoms with Gasteiger partial charge >= 0.3 is 6.03 Å². The number of piperazine rings is 1. The summed E-state index contributed by atoms with van der Waals surface area (Å²) in [5.74, 6) is -0.385. The predicted molar refractivity (Wildman–Crippen MR) is 185 cm³/mol. The van der Waals surface area contributed by atoms with Gasteiger partial charge in [-0.05, 0) is 61.6 Å². The third-order valence-corrected chi connectivity index (χ3v) is 10.1. The maximum atomic E-state index is 13.9. The lowest BCUT2D eigenvalue weighted by atomic mass is 9.85. The number of aryl methyl sites for hydroxylation is 1. The molecule has 0 spiro atoms. The molecule has 2 N–H and O–H groups in total. The zero-order chi connectivity index (χ0) is 32.2. The van der Waals surface area contributed by atoms with Gasteiger partial charge in [-0.3, -0.25) is 19.9 Å². The average Bonchev–Trinajstić information content (AvgIpc) is 3.73. The molecule has 237 valence electrons. The molecule has 44 heavy (non-hydrogen) atoms. The number of likely N-dealkylation sites (N-methyl/N-ethyl adjacent to an activating group) is 1. The SMILES string of the molecule is Cc1ccc(NC(=O)Nc2sc(C(C)(C)C)cc2C(=O)N2CCN(C)C(=O)C2(C)C)cc1-c1ccc(C(C)(C)C2=C[CH]2)nc1.[HH].[HH].[HH]. The average molecular weight is 619 g/mol. The number of nitrogens with zero attached hydrogens (tertiary/aromatic N) is 3. The molecular weight excluding hydrogens is 570 g/mol. The molecule has 8 nitrogen and oxygen atoms in total. The second-order valence-electron chi connectivity index (χ2n) is 13.8. The molecule has 3 heterocycles. The number of hydrogen-bond acceptors (Lipinski definition) is 5. The molecule has 4 amide bonds. The Labute approximate surface area is 269 Å². The fourth-order valence-electron chi connectivity index (χ4n) is 5.53. The van der Waals surface area contributed by atoms with E-state index < -0.39 is 11.6 Å².